The fourth-order valence-corrected chi connectivity index (χ4v) is 3.34. The van der Waals surface area contributed by atoms with Crippen LogP contribution >= 0.6 is 0 Å². The summed E-state index contributed by atoms with van der Waals surface area (Å²) >= 11 is 0. The number of alkyl halides is 6. The Bertz CT molecular complexity index is 1040. The number of aliphatic carboxylic acids is 2. The van der Waals surface area contributed by atoms with Crippen LogP contribution in [0.2, 0.25) is 0 Å². The first-order valence-electron chi connectivity index (χ1n) is 10.6. The normalized spacial score (nSPS) is 18.1. The van der Waals surface area contributed by atoms with E-state index in [-0.39, 0.29) is 11.7 Å². The molecule has 2 aromatic heterocycles. The van der Waals surface area contributed by atoms with Gasteiger partial charge in [0.25, 0.3) is 0 Å². The number of hydrogen-bond acceptors (Lipinski definition) is 9. The monoisotopic (exact) mass is 556 g/mol. The molecule has 0 aliphatic carbocycles. The van der Waals surface area contributed by atoms with Crippen molar-refractivity contribution in [2.45, 2.75) is 36.9 Å². The van der Waals surface area contributed by atoms with E-state index in [1.54, 1.807) is 19.5 Å². The number of halogens is 6. The Balaban J connectivity index is 0.000000301. The van der Waals surface area contributed by atoms with Gasteiger partial charge in [0, 0.05) is 25.1 Å². The van der Waals surface area contributed by atoms with Crippen molar-refractivity contribution in [3.8, 4) is 11.6 Å². The second-order valence-electron chi connectivity index (χ2n) is 7.83. The molecule has 1 spiro atoms. The van der Waals surface area contributed by atoms with Crippen LogP contribution in [0.15, 0.2) is 36.9 Å². The molecule has 0 bridgehead atoms. The highest BCUT2D eigenvalue weighted by atomic mass is 19.4. The molecule has 2 fully saturated rings. The number of aromatic nitrogens is 3. The van der Waals surface area contributed by atoms with Crippen LogP contribution in [0.5, 0.6) is 11.6 Å². The molecule has 0 radical (unpaired) electrons. The maximum atomic E-state index is 10.6. The summed E-state index contributed by atoms with van der Waals surface area (Å²) in [6, 6.07) is 5.67. The summed E-state index contributed by atoms with van der Waals surface area (Å²) in [5.41, 5.74) is -0.149. The Hall–Kier alpha value is -3.89. The number of hydrogen-bond donors (Lipinski definition) is 2. The summed E-state index contributed by atoms with van der Waals surface area (Å²) < 4.78 is 80.8. The minimum Gasteiger partial charge on any atom is -0.489 e. The molecule has 0 amide bonds. The number of rotatable bonds is 4. The summed E-state index contributed by atoms with van der Waals surface area (Å²) in [6.07, 6.45) is -3.21. The van der Waals surface area contributed by atoms with Gasteiger partial charge in [-0.15, -0.1) is 0 Å². The maximum absolute atomic E-state index is 10.6. The van der Waals surface area contributed by atoms with Crippen molar-refractivity contribution in [3.05, 3.63) is 36.9 Å². The van der Waals surface area contributed by atoms with Crippen molar-refractivity contribution in [3.63, 3.8) is 0 Å². The lowest BCUT2D eigenvalue weighted by atomic mass is 9.84. The molecule has 4 heterocycles. The Morgan fingerprint density at radius 2 is 1.71 bits per heavy atom. The van der Waals surface area contributed by atoms with Gasteiger partial charge in [-0.05, 0) is 12.1 Å². The first-order chi connectivity index (χ1) is 17.6. The molecule has 0 saturated carbocycles. The maximum Gasteiger partial charge on any atom is 0.490 e. The lowest BCUT2D eigenvalue weighted by Gasteiger charge is -2.53. The molecular formula is C21H22F6N4O7. The first kappa shape index (κ1) is 30.3. The van der Waals surface area contributed by atoms with E-state index in [1.807, 2.05) is 18.2 Å². The van der Waals surface area contributed by atoms with Crippen molar-refractivity contribution >= 4 is 17.8 Å². The van der Waals surface area contributed by atoms with Gasteiger partial charge in [-0.3, -0.25) is 4.98 Å². The molecule has 2 aliphatic heterocycles. The third-order valence-electron chi connectivity index (χ3n) is 4.99. The van der Waals surface area contributed by atoms with Gasteiger partial charge < -0.3 is 29.3 Å². The molecule has 1 unspecified atom stereocenters. The highest BCUT2D eigenvalue weighted by molar-refractivity contribution is 5.73. The number of nitrogens with zero attached hydrogens (tertiary/aromatic N) is 4. The van der Waals surface area contributed by atoms with Crippen molar-refractivity contribution in [1.29, 1.82) is 0 Å². The van der Waals surface area contributed by atoms with Crippen LogP contribution in [0, 0.1) is 0 Å². The quantitative estimate of drug-likeness (QED) is 0.537. The zero-order chi connectivity index (χ0) is 28.6. The molecule has 11 nitrogen and oxygen atoms in total. The van der Waals surface area contributed by atoms with E-state index >= 15 is 0 Å². The Kier molecular flexibility index (Phi) is 10.0. The van der Waals surface area contributed by atoms with Gasteiger partial charge in [0.15, 0.2) is 0 Å². The Labute approximate surface area is 211 Å². The number of anilines is 1. The van der Waals surface area contributed by atoms with Gasteiger partial charge in [-0.25, -0.2) is 19.6 Å². The van der Waals surface area contributed by atoms with E-state index in [1.165, 1.54) is 6.33 Å². The van der Waals surface area contributed by atoms with Crippen molar-refractivity contribution < 1.29 is 60.4 Å². The fraction of sp³-hybridized carbons (Fsp3) is 0.476. The summed E-state index contributed by atoms with van der Waals surface area (Å²) in [4.78, 5) is 32.4. The second kappa shape index (κ2) is 12.6. The minimum absolute atomic E-state index is 0.149. The van der Waals surface area contributed by atoms with Crippen LogP contribution in [-0.2, 0) is 14.3 Å². The van der Waals surface area contributed by atoms with E-state index in [4.69, 9.17) is 34.0 Å². The van der Waals surface area contributed by atoms with Gasteiger partial charge in [0.2, 0.25) is 5.88 Å². The van der Waals surface area contributed by atoms with Crippen LogP contribution in [0.3, 0.4) is 0 Å². The summed E-state index contributed by atoms with van der Waals surface area (Å²) in [7, 11) is 1.61. The van der Waals surface area contributed by atoms with E-state index in [0.717, 1.165) is 37.5 Å². The molecule has 0 aromatic carbocycles. The van der Waals surface area contributed by atoms with Crippen molar-refractivity contribution in [2.24, 2.45) is 0 Å². The Morgan fingerprint density at radius 3 is 2.21 bits per heavy atom. The third kappa shape index (κ3) is 9.20. The number of carbonyl (C=O) groups is 2. The number of ether oxygens (including phenoxy) is 3. The van der Waals surface area contributed by atoms with Crippen molar-refractivity contribution in [2.75, 3.05) is 31.7 Å². The largest absolute Gasteiger partial charge is 0.490 e. The van der Waals surface area contributed by atoms with E-state index in [0.29, 0.717) is 12.5 Å². The highest BCUT2D eigenvalue weighted by Gasteiger charge is 2.49. The van der Waals surface area contributed by atoms with Gasteiger partial charge in [0.05, 0.1) is 33.0 Å². The molecular weight excluding hydrogens is 534 g/mol. The molecule has 4 rings (SSSR count). The first-order valence-corrected chi connectivity index (χ1v) is 10.6. The smallest absolute Gasteiger partial charge is 0.489 e. The molecule has 17 heteroatoms. The number of methoxy groups -OCH3 is 1. The van der Waals surface area contributed by atoms with Gasteiger partial charge in [0.1, 0.15) is 29.6 Å². The molecule has 1 atom stereocenters. The van der Waals surface area contributed by atoms with Gasteiger partial charge in [-0.2, -0.15) is 26.3 Å². The lowest BCUT2D eigenvalue weighted by molar-refractivity contribution is -0.193. The lowest BCUT2D eigenvalue weighted by Crippen LogP contribution is -2.66. The highest BCUT2D eigenvalue weighted by Crippen LogP contribution is 2.37. The van der Waals surface area contributed by atoms with Crippen LogP contribution in [-0.4, -0.2) is 88.0 Å². The Morgan fingerprint density at radius 1 is 1.11 bits per heavy atom. The molecule has 2 aliphatic rings. The molecule has 2 N–H and O–H groups in total. The second-order valence-corrected chi connectivity index (χ2v) is 7.83. The molecule has 2 saturated heterocycles. The zero-order valence-corrected chi connectivity index (χ0v) is 19.6. The molecule has 38 heavy (non-hydrogen) atoms. The standard InChI is InChI=1S/C17H20N4O3.2C2HF3O2/c1-22-16-7-15(19-12-20-16)21-10-17(11-21)8-13(4-6-23-17)24-14-3-2-5-18-9-14;2*3-2(4,5)1(6)7/h2-3,5,7,9,12-13H,4,6,8,10-11H2,1H3;2*(H,6,7). The van der Waals surface area contributed by atoms with E-state index in [9.17, 15) is 26.3 Å². The van der Waals surface area contributed by atoms with Gasteiger partial charge in [-0.1, -0.05) is 0 Å². The number of pyridine rings is 1. The summed E-state index contributed by atoms with van der Waals surface area (Å²) in [6.45, 7) is 2.33. The van der Waals surface area contributed by atoms with Crippen LogP contribution in [0.25, 0.3) is 0 Å². The van der Waals surface area contributed by atoms with E-state index in [2.05, 4.69) is 19.9 Å². The van der Waals surface area contributed by atoms with Crippen LogP contribution in [0.1, 0.15) is 12.8 Å². The van der Waals surface area contributed by atoms with E-state index < -0.39 is 24.3 Å². The average Bonchev–Trinajstić information content (AvgIpc) is 2.83. The van der Waals surface area contributed by atoms with Crippen LogP contribution in [0.4, 0.5) is 32.2 Å². The number of carboxylic acids is 2. The number of carboxylic acid groups (broad SMARTS) is 2. The molecule has 210 valence electrons. The van der Waals surface area contributed by atoms with Crippen molar-refractivity contribution in [1.82, 2.24) is 15.0 Å². The minimum atomic E-state index is -5.08. The molecule has 2 aromatic rings. The average molecular weight is 556 g/mol. The SMILES string of the molecule is COc1cc(N2CC3(CC(Oc4cccnc4)CCO3)C2)ncn1.O=C(O)C(F)(F)F.O=C(O)C(F)(F)F. The third-order valence-corrected chi connectivity index (χ3v) is 4.99. The van der Waals surface area contributed by atoms with Crippen LogP contribution < -0.4 is 14.4 Å². The summed E-state index contributed by atoms with van der Waals surface area (Å²) in [5, 5.41) is 14.2. The topological polar surface area (TPSA) is 144 Å². The summed E-state index contributed by atoms with van der Waals surface area (Å²) in [5.74, 6) is -3.26. The zero-order valence-electron chi connectivity index (χ0n) is 19.6. The predicted molar refractivity (Wildman–Crippen MR) is 115 cm³/mol. The van der Waals surface area contributed by atoms with Gasteiger partial charge >= 0.3 is 24.3 Å². The predicted octanol–water partition coefficient (Wildman–Crippen LogP) is 2.96. The fourth-order valence-electron chi connectivity index (χ4n) is 3.34.